The van der Waals surface area contributed by atoms with Gasteiger partial charge in [0.2, 0.25) is 0 Å². The second-order valence-corrected chi connectivity index (χ2v) is 6.75. The minimum Gasteiger partial charge on any atom is -0.497 e. The van der Waals surface area contributed by atoms with Crippen LogP contribution in [0.15, 0.2) is 65.7 Å². The van der Waals surface area contributed by atoms with E-state index in [0.29, 0.717) is 22.1 Å². The molecule has 2 heterocycles. The number of hydrogen-bond donors (Lipinski definition) is 1. The molecule has 0 radical (unpaired) electrons. The number of pyridine rings is 1. The van der Waals surface area contributed by atoms with Crippen LogP contribution in [0.3, 0.4) is 0 Å². The van der Waals surface area contributed by atoms with Crippen LogP contribution in [-0.2, 0) is 6.54 Å². The smallest absolute Gasteiger partial charge is 0.259 e. The Morgan fingerprint density at radius 2 is 2.00 bits per heavy atom. The first-order chi connectivity index (χ1) is 14.7. The van der Waals surface area contributed by atoms with E-state index in [2.05, 4.69) is 16.4 Å². The average molecular weight is 401 g/mol. The summed E-state index contributed by atoms with van der Waals surface area (Å²) in [6, 6.07) is 16.3. The van der Waals surface area contributed by atoms with Crippen molar-refractivity contribution in [2.75, 3.05) is 13.7 Å². The van der Waals surface area contributed by atoms with Crippen molar-refractivity contribution in [1.82, 2.24) is 19.6 Å². The maximum Gasteiger partial charge on any atom is 0.259 e. The third-order valence-corrected chi connectivity index (χ3v) is 5.07. The number of rotatable bonds is 6. The molecule has 30 heavy (non-hydrogen) atoms. The topological polar surface area (TPSA) is 106 Å². The molecular weight excluding hydrogens is 382 g/mol. The Kier molecular flexibility index (Phi) is 5.28. The Labute approximate surface area is 172 Å². The van der Waals surface area contributed by atoms with E-state index in [9.17, 15) is 15.2 Å². The SMILES string of the molecule is COc1ccc2c(=O)n(CC(CO)n3ccnn3)c(C#N)c(-c3ccccc3)c2c1. The predicted molar refractivity (Wildman–Crippen MR) is 111 cm³/mol. The largest absolute Gasteiger partial charge is 0.497 e. The lowest BCUT2D eigenvalue weighted by molar-refractivity contribution is 0.200. The van der Waals surface area contributed by atoms with Gasteiger partial charge in [-0.2, -0.15) is 5.26 Å². The molecule has 1 atom stereocenters. The number of aliphatic hydroxyl groups excluding tert-OH is 1. The third kappa shape index (κ3) is 3.32. The molecule has 0 amide bonds. The number of hydrogen-bond acceptors (Lipinski definition) is 6. The Morgan fingerprint density at radius 3 is 2.63 bits per heavy atom. The second kappa shape index (κ2) is 8.19. The molecule has 150 valence electrons. The highest BCUT2D eigenvalue weighted by molar-refractivity contribution is 5.99. The number of ether oxygens (including phenoxy) is 1. The van der Waals surface area contributed by atoms with Gasteiger partial charge in [-0.15, -0.1) is 5.10 Å². The molecule has 0 saturated carbocycles. The molecule has 0 saturated heterocycles. The lowest BCUT2D eigenvalue weighted by atomic mass is 9.96. The number of nitrogens with zero attached hydrogens (tertiary/aromatic N) is 5. The van der Waals surface area contributed by atoms with Gasteiger partial charge in [-0.05, 0) is 23.8 Å². The highest BCUT2D eigenvalue weighted by Crippen LogP contribution is 2.33. The van der Waals surface area contributed by atoms with E-state index >= 15 is 0 Å². The molecular formula is C22H19N5O3. The highest BCUT2D eigenvalue weighted by atomic mass is 16.5. The summed E-state index contributed by atoms with van der Waals surface area (Å²) in [6.07, 6.45) is 3.11. The first-order valence-corrected chi connectivity index (χ1v) is 9.34. The number of aliphatic hydroxyl groups is 1. The Morgan fingerprint density at radius 1 is 1.20 bits per heavy atom. The van der Waals surface area contributed by atoms with Gasteiger partial charge in [0.05, 0.1) is 32.5 Å². The number of nitriles is 1. The summed E-state index contributed by atoms with van der Waals surface area (Å²) in [5, 5.41) is 28.7. The maximum atomic E-state index is 13.4. The van der Waals surface area contributed by atoms with Gasteiger partial charge in [-0.1, -0.05) is 35.5 Å². The van der Waals surface area contributed by atoms with Crippen LogP contribution in [0.1, 0.15) is 11.7 Å². The fourth-order valence-electron chi connectivity index (χ4n) is 3.59. The van der Waals surface area contributed by atoms with E-state index in [1.54, 1.807) is 31.5 Å². The van der Waals surface area contributed by atoms with Crippen molar-refractivity contribution in [3.05, 3.63) is 77.0 Å². The van der Waals surface area contributed by atoms with Gasteiger partial charge in [-0.3, -0.25) is 9.36 Å². The average Bonchev–Trinajstić information content (AvgIpc) is 3.33. The molecule has 4 aromatic rings. The first-order valence-electron chi connectivity index (χ1n) is 9.34. The normalized spacial score (nSPS) is 11.9. The van der Waals surface area contributed by atoms with Crippen LogP contribution >= 0.6 is 0 Å². The molecule has 1 unspecified atom stereocenters. The van der Waals surface area contributed by atoms with Gasteiger partial charge >= 0.3 is 0 Å². The zero-order valence-electron chi connectivity index (χ0n) is 16.3. The number of aromatic nitrogens is 4. The number of fused-ring (bicyclic) bond motifs is 1. The monoisotopic (exact) mass is 401 g/mol. The van der Waals surface area contributed by atoms with Gasteiger partial charge < -0.3 is 9.84 Å². The lowest BCUT2D eigenvalue weighted by Crippen LogP contribution is -2.30. The Hall–Kier alpha value is -3.96. The summed E-state index contributed by atoms with van der Waals surface area (Å²) in [6.45, 7) is -0.189. The molecule has 8 nitrogen and oxygen atoms in total. The highest BCUT2D eigenvalue weighted by Gasteiger charge is 2.22. The van der Waals surface area contributed by atoms with Crippen molar-refractivity contribution in [3.8, 4) is 22.9 Å². The molecule has 0 spiro atoms. The van der Waals surface area contributed by atoms with Crippen molar-refractivity contribution < 1.29 is 9.84 Å². The van der Waals surface area contributed by atoms with E-state index in [-0.39, 0.29) is 24.4 Å². The maximum absolute atomic E-state index is 13.4. The molecule has 8 heteroatoms. The summed E-state index contributed by atoms with van der Waals surface area (Å²) in [7, 11) is 1.56. The molecule has 0 aliphatic rings. The molecule has 4 rings (SSSR count). The third-order valence-electron chi connectivity index (χ3n) is 5.07. The van der Waals surface area contributed by atoms with Crippen LogP contribution in [0.2, 0.25) is 0 Å². The zero-order chi connectivity index (χ0) is 21.1. The minimum absolute atomic E-state index is 0.0728. The quantitative estimate of drug-likeness (QED) is 0.532. The van der Waals surface area contributed by atoms with E-state index in [0.717, 1.165) is 5.56 Å². The van der Waals surface area contributed by atoms with Gasteiger partial charge in [0.15, 0.2) is 0 Å². The summed E-state index contributed by atoms with van der Waals surface area (Å²) in [4.78, 5) is 13.4. The van der Waals surface area contributed by atoms with Gasteiger partial charge in [0.25, 0.3) is 5.56 Å². The van der Waals surface area contributed by atoms with Crippen LogP contribution in [0.4, 0.5) is 0 Å². The van der Waals surface area contributed by atoms with Gasteiger partial charge in [-0.25, -0.2) is 4.68 Å². The molecule has 2 aromatic carbocycles. The van der Waals surface area contributed by atoms with E-state index < -0.39 is 6.04 Å². The van der Waals surface area contributed by atoms with Gasteiger partial charge in [0.1, 0.15) is 17.5 Å². The van der Waals surface area contributed by atoms with E-state index in [4.69, 9.17) is 4.74 Å². The van der Waals surface area contributed by atoms with Crippen LogP contribution in [0.25, 0.3) is 21.9 Å². The van der Waals surface area contributed by atoms with Crippen molar-refractivity contribution in [2.45, 2.75) is 12.6 Å². The van der Waals surface area contributed by atoms with Crippen molar-refractivity contribution in [3.63, 3.8) is 0 Å². The Bertz CT molecular complexity index is 1270. The second-order valence-electron chi connectivity index (χ2n) is 6.75. The molecule has 0 fully saturated rings. The summed E-state index contributed by atoms with van der Waals surface area (Å²) < 4.78 is 8.23. The summed E-state index contributed by atoms with van der Waals surface area (Å²) in [5.74, 6) is 0.594. The molecule has 0 aliphatic carbocycles. The van der Waals surface area contributed by atoms with Crippen molar-refractivity contribution in [1.29, 1.82) is 5.26 Å². The zero-order valence-corrected chi connectivity index (χ0v) is 16.3. The van der Waals surface area contributed by atoms with Crippen LogP contribution in [0.5, 0.6) is 5.75 Å². The molecule has 0 bridgehead atoms. The lowest BCUT2D eigenvalue weighted by Gasteiger charge is -2.20. The van der Waals surface area contributed by atoms with Crippen LogP contribution in [0, 0.1) is 11.3 Å². The fourth-order valence-corrected chi connectivity index (χ4v) is 3.59. The predicted octanol–water partition coefficient (Wildman–Crippen LogP) is 2.37. The van der Waals surface area contributed by atoms with Gasteiger partial charge in [0, 0.05) is 22.5 Å². The molecule has 2 aromatic heterocycles. The summed E-state index contributed by atoms with van der Waals surface area (Å²) in [5.41, 5.74) is 1.34. The standard InChI is InChI=1S/C22H19N5O3/c1-30-17-7-8-18-19(11-17)21(15-5-3-2-4-6-15)20(12-23)26(22(18)29)13-16(14-28)27-10-9-24-25-27/h2-11,16,28H,13-14H2,1H3. The molecule has 0 aliphatic heterocycles. The number of methoxy groups -OCH3 is 1. The van der Waals surface area contributed by atoms with E-state index in [1.807, 2.05) is 30.3 Å². The fraction of sp³-hybridized carbons (Fsp3) is 0.182. The Balaban J connectivity index is 2.03. The van der Waals surface area contributed by atoms with Crippen LogP contribution < -0.4 is 10.3 Å². The van der Waals surface area contributed by atoms with Crippen molar-refractivity contribution in [2.24, 2.45) is 0 Å². The van der Waals surface area contributed by atoms with Crippen molar-refractivity contribution >= 4 is 10.8 Å². The molecule has 1 N–H and O–H groups in total. The number of benzene rings is 2. The van der Waals surface area contributed by atoms with E-state index in [1.165, 1.54) is 15.4 Å². The minimum atomic E-state index is -0.545. The van der Waals surface area contributed by atoms with Crippen LogP contribution in [-0.4, -0.2) is 38.4 Å². The first kappa shape index (κ1) is 19.4. The summed E-state index contributed by atoms with van der Waals surface area (Å²) >= 11 is 0.